The van der Waals surface area contributed by atoms with Gasteiger partial charge in [-0.1, -0.05) is 0 Å². The van der Waals surface area contributed by atoms with E-state index in [-0.39, 0.29) is 28.3 Å². The predicted molar refractivity (Wildman–Crippen MR) is 110 cm³/mol. The van der Waals surface area contributed by atoms with Crippen molar-refractivity contribution >= 4 is 0 Å². The predicted octanol–water partition coefficient (Wildman–Crippen LogP) is 4.52. The third-order valence-corrected chi connectivity index (χ3v) is 6.00. The largest absolute Gasteiger partial charge is 0.378 e. The average Bonchev–Trinajstić information content (AvgIpc) is 2.44. The normalized spacial score (nSPS) is 28.3. The fourth-order valence-corrected chi connectivity index (χ4v) is 5.35. The Morgan fingerprint density at radius 1 is 0.741 bits per heavy atom. The van der Waals surface area contributed by atoms with E-state index in [1.165, 1.54) is 5.06 Å². The molecule has 0 radical (unpaired) electrons. The fraction of sp³-hybridized carbons (Fsp3) is 1.00. The highest BCUT2D eigenvalue weighted by Crippen LogP contribution is 2.38. The summed E-state index contributed by atoms with van der Waals surface area (Å²) < 4.78 is 12.3. The van der Waals surface area contributed by atoms with Gasteiger partial charge in [0.1, 0.15) is 0 Å². The van der Waals surface area contributed by atoms with Gasteiger partial charge in [-0.25, -0.2) is 0 Å². The summed E-state index contributed by atoms with van der Waals surface area (Å²) in [7, 11) is 0. The molecule has 0 atom stereocenters. The molecule has 2 fully saturated rings. The van der Waals surface area contributed by atoms with Gasteiger partial charge in [0.05, 0.1) is 12.2 Å². The monoisotopic (exact) mass is 384 g/mol. The van der Waals surface area contributed by atoms with Crippen LogP contribution in [0.15, 0.2) is 0 Å². The Bertz CT molecular complexity index is 454. The van der Waals surface area contributed by atoms with Crippen LogP contribution in [0, 0.1) is 0 Å². The van der Waals surface area contributed by atoms with Gasteiger partial charge in [-0.3, -0.25) is 0 Å². The first kappa shape index (κ1) is 23.1. The van der Waals surface area contributed by atoms with Crippen LogP contribution in [0.1, 0.15) is 93.9 Å². The molecule has 2 rings (SSSR count). The van der Waals surface area contributed by atoms with Gasteiger partial charge in [0.2, 0.25) is 0 Å². The number of piperidine rings is 2. The molecule has 5 nitrogen and oxygen atoms in total. The van der Waals surface area contributed by atoms with Gasteiger partial charge in [0.25, 0.3) is 0 Å². The lowest BCUT2D eigenvalue weighted by atomic mass is 9.80. The maximum Gasteiger partial charge on any atom is 0.0611 e. The van der Waals surface area contributed by atoms with Gasteiger partial charge in [-0.15, -0.1) is 0 Å². The van der Waals surface area contributed by atoms with Gasteiger partial charge in [-0.05, 0) is 93.9 Å². The Morgan fingerprint density at radius 2 is 1.11 bits per heavy atom. The zero-order valence-electron chi connectivity index (χ0n) is 19.0. The van der Waals surface area contributed by atoms with E-state index in [9.17, 15) is 5.21 Å². The van der Waals surface area contributed by atoms with Gasteiger partial charge in [-0.2, -0.15) is 5.06 Å². The van der Waals surface area contributed by atoms with E-state index in [1.807, 2.05) is 0 Å². The second-order valence-corrected chi connectivity index (χ2v) is 11.3. The number of hydrogen-bond acceptors (Lipinski definition) is 5. The van der Waals surface area contributed by atoms with Crippen LogP contribution in [0.4, 0.5) is 0 Å². The molecule has 2 aliphatic heterocycles. The molecule has 0 unspecified atom stereocenters. The molecule has 27 heavy (non-hydrogen) atoms. The highest BCUT2D eigenvalue weighted by molar-refractivity contribution is 4.98. The van der Waals surface area contributed by atoms with Crippen molar-refractivity contribution in [3.05, 3.63) is 0 Å². The number of nitrogens with zero attached hydrogens (tertiary/aromatic N) is 1. The topological polar surface area (TPSA) is 54.0 Å². The zero-order chi connectivity index (χ0) is 20.5. The summed E-state index contributed by atoms with van der Waals surface area (Å²) in [6.45, 7) is 19.0. The lowest BCUT2D eigenvalue weighted by Crippen LogP contribution is -2.60. The van der Waals surface area contributed by atoms with Crippen molar-refractivity contribution in [2.45, 2.75) is 128 Å². The summed E-state index contributed by atoms with van der Waals surface area (Å²) >= 11 is 0. The van der Waals surface area contributed by atoms with E-state index in [0.29, 0.717) is 6.10 Å². The lowest BCUT2D eigenvalue weighted by Gasteiger charge is -2.51. The minimum absolute atomic E-state index is 0.136. The smallest absolute Gasteiger partial charge is 0.0611 e. The van der Waals surface area contributed by atoms with Crippen LogP contribution in [0.25, 0.3) is 0 Å². The number of hydroxylamine groups is 2. The molecule has 0 aliphatic carbocycles. The first-order chi connectivity index (χ1) is 12.2. The Hall–Kier alpha value is -0.200. The molecule has 0 bridgehead atoms. The van der Waals surface area contributed by atoms with Crippen LogP contribution >= 0.6 is 0 Å². The second-order valence-electron chi connectivity index (χ2n) is 11.3. The summed E-state index contributed by atoms with van der Waals surface area (Å²) in [5, 5.41) is 15.6. The van der Waals surface area contributed by atoms with Gasteiger partial charge in [0.15, 0.2) is 0 Å². The molecule has 2 N–H and O–H groups in total. The standard InChI is InChI=1S/C22H44N2O3/c1-19(2)13-17(14-20(3,4)23-19)26-11-9-10-12-27-18-15-21(5,6)24(25)22(7,8)16-18/h17-18,23,25H,9-16H2,1-8H3. The molecular formula is C22H44N2O3. The molecule has 0 spiro atoms. The maximum absolute atomic E-state index is 10.4. The van der Waals surface area contributed by atoms with E-state index < -0.39 is 0 Å². The second kappa shape index (κ2) is 8.27. The molecule has 0 amide bonds. The van der Waals surface area contributed by atoms with Gasteiger partial charge >= 0.3 is 0 Å². The van der Waals surface area contributed by atoms with Crippen molar-refractivity contribution in [1.82, 2.24) is 10.4 Å². The minimum Gasteiger partial charge on any atom is -0.378 e. The number of ether oxygens (including phenoxy) is 2. The van der Waals surface area contributed by atoms with E-state index in [4.69, 9.17) is 9.47 Å². The van der Waals surface area contributed by atoms with Crippen LogP contribution in [-0.4, -0.2) is 57.8 Å². The molecular weight excluding hydrogens is 340 g/mol. The molecule has 0 aromatic rings. The summed E-state index contributed by atoms with van der Waals surface area (Å²) in [6, 6.07) is 0. The molecule has 5 heteroatoms. The van der Waals surface area contributed by atoms with Crippen molar-refractivity contribution in [3.8, 4) is 0 Å². The quantitative estimate of drug-likeness (QED) is 0.632. The summed E-state index contributed by atoms with van der Waals surface area (Å²) in [6.07, 6.45) is 6.48. The highest BCUT2D eigenvalue weighted by atomic mass is 16.5. The molecule has 2 aliphatic rings. The van der Waals surface area contributed by atoms with Crippen LogP contribution in [-0.2, 0) is 9.47 Å². The maximum atomic E-state index is 10.4. The summed E-state index contributed by atoms with van der Waals surface area (Å²) in [5.41, 5.74) is -0.221. The minimum atomic E-state index is -0.246. The summed E-state index contributed by atoms with van der Waals surface area (Å²) in [4.78, 5) is 0. The van der Waals surface area contributed by atoms with Crippen molar-refractivity contribution < 1.29 is 14.7 Å². The van der Waals surface area contributed by atoms with Crippen LogP contribution in [0.2, 0.25) is 0 Å². The molecule has 2 saturated heterocycles. The Kier molecular flexibility index (Phi) is 7.07. The molecule has 2 heterocycles. The Morgan fingerprint density at radius 3 is 1.52 bits per heavy atom. The average molecular weight is 385 g/mol. The van der Waals surface area contributed by atoms with E-state index in [2.05, 4.69) is 60.7 Å². The molecule has 160 valence electrons. The first-order valence-electron chi connectivity index (χ1n) is 10.7. The van der Waals surface area contributed by atoms with E-state index in [1.54, 1.807) is 0 Å². The molecule has 0 aromatic carbocycles. The lowest BCUT2D eigenvalue weighted by molar-refractivity contribution is -0.261. The zero-order valence-corrected chi connectivity index (χ0v) is 19.0. The van der Waals surface area contributed by atoms with Crippen molar-refractivity contribution in [2.24, 2.45) is 0 Å². The first-order valence-corrected chi connectivity index (χ1v) is 10.7. The number of rotatable bonds is 7. The Labute approximate surface area is 167 Å². The van der Waals surface area contributed by atoms with Crippen molar-refractivity contribution in [2.75, 3.05) is 13.2 Å². The van der Waals surface area contributed by atoms with Crippen LogP contribution in [0.5, 0.6) is 0 Å². The molecule has 0 saturated carbocycles. The third-order valence-electron chi connectivity index (χ3n) is 6.00. The molecule has 0 aromatic heterocycles. The SMILES string of the molecule is CC1(C)CC(OCCCCOC2CC(C)(C)N(O)C(C)(C)C2)CC(C)(C)N1. The van der Waals surface area contributed by atoms with Gasteiger partial charge < -0.3 is 20.0 Å². The highest BCUT2D eigenvalue weighted by Gasteiger charge is 2.45. The van der Waals surface area contributed by atoms with Gasteiger partial charge in [0, 0.05) is 35.4 Å². The third kappa shape index (κ3) is 6.67. The fourth-order valence-electron chi connectivity index (χ4n) is 5.35. The van der Waals surface area contributed by atoms with Crippen molar-refractivity contribution in [1.29, 1.82) is 0 Å². The number of hydrogen-bond donors (Lipinski definition) is 2. The van der Waals surface area contributed by atoms with E-state index in [0.717, 1.165) is 51.7 Å². The number of nitrogens with one attached hydrogen (secondary N) is 1. The van der Waals surface area contributed by atoms with Crippen molar-refractivity contribution in [3.63, 3.8) is 0 Å². The summed E-state index contributed by atoms with van der Waals surface area (Å²) in [5.74, 6) is 0. The van der Waals surface area contributed by atoms with Crippen LogP contribution < -0.4 is 5.32 Å². The number of unbranched alkanes of at least 4 members (excludes halogenated alkanes) is 1. The van der Waals surface area contributed by atoms with E-state index >= 15 is 0 Å². The van der Waals surface area contributed by atoms with Crippen LogP contribution in [0.3, 0.4) is 0 Å². The Balaban J connectivity index is 1.65.